The molecule has 0 atom stereocenters. The summed E-state index contributed by atoms with van der Waals surface area (Å²) in [5, 5.41) is 2.97. The summed E-state index contributed by atoms with van der Waals surface area (Å²) in [4.78, 5) is 12.5. The zero-order valence-corrected chi connectivity index (χ0v) is 12.3. The van der Waals surface area contributed by atoms with Gasteiger partial charge in [0.2, 0.25) is 5.91 Å². The number of amides is 1. The van der Waals surface area contributed by atoms with Gasteiger partial charge in [0.15, 0.2) is 0 Å². The van der Waals surface area contributed by atoms with Gasteiger partial charge in [-0.25, -0.2) is 4.39 Å². The van der Waals surface area contributed by atoms with Crippen LogP contribution in [0.1, 0.15) is 32.6 Å². The van der Waals surface area contributed by atoms with Crippen LogP contribution in [0.3, 0.4) is 0 Å². The van der Waals surface area contributed by atoms with Crippen LogP contribution in [-0.2, 0) is 4.79 Å². The summed E-state index contributed by atoms with van der Waals surface area (Å²) in [6.07, 6.45) is 3.47. The van der Waals surface area contributed by atoms with Gasteiger partial charge in [-0.2, -0.15) is 0 Å². The lowest BCUT2D eigenvalue weighted by Crippen LogP contribution is -2.45. The first-order chi connectivity index (χ1) is 9.47. The van der Waals surface area contributed by atoms with Gasteiger partial charge in [-0.05, 0) is 49.8 Å². The van der Waals surface area contributed by atoms with Crippen LogP contribution in [0.4, 0.5) is 10.1 Å². The molecule has 0 heterocycles. The monoisotopic (exact) mass is 298 g/mol. The van der Waals surface area contributed by atoms with E-state index in [-0.39, 0.29) is 11.6 Å². The minimum Gasteiger partial charge on any atom is -0.329 e. The second kappa shape index (κ2) is 6.10. The first-order valence-electron chi connectivity index (χ1n) is 6.93. The maximum absolute atomic E-state index is 13.7. The molecule has 0 bridgehead atoms. The molecule has 5 heteroatoms. The van der Waals surface area contributed by atoms with Gasteiger partial charge in [-0.15, -0.1) is 0 Å². The van der Waals surface area contributed by atoms with E-state index in [1.165, 1.54) is 12.1 Å². The fourth-order valence-corrected chi connectivity index (χ4v) is 2.84. The van der Waals surface area contributed by atoms with E-state index in [4.69, 9.17) is 17.3 Å². The normalized spacial score (nSPS) is 26.3. The van der Waals surface area contributed by atoms with E-state index >= 15 is 0 Å². The van der Waals surface area contributed by atoms with Gasteiger partial charge < -0.3 is 11.1 Å². The highest BCUT2D eigenvalue weighted by molar-refractivity contribution is 6.30. The molecule has 0 aliphatic heterocycles. The van der Waals surface area contributed by atoms with Crippen LogP contribution in [0.5, 0.6) is 0 Å². The molecule has 1 fully saturated rings. The van der Waals surface area contributed by atoms with Gasteiger partial charge in [0.1, 0.15) is 5.82 Å². The SMILES string of the molecule is CC1CCC(CN)(C(=O)Nc2ccc(Cl)cc2F)CC1. The van der Waals surface area contributed by atoms with E-state index in [2.05, 4.69) is 12.2 Å². The second-order valence-electron chi connectivity index (χ2n) is 5.75. The number of halogens is 2. The quantitative estimate of drug-likeness (QED) is 0.896. The molecule has 1 aliphatic carbocycles. The largest absolute Gasteiger partial charge is 0.329 e. The first kappa shape index (κ1) is 15.3. The Labute approximate surface area is 123 Å². The van der Waals surface area contributed by atoms with Crippen molar-refractivity contribution in [3.05, 3.63) is 29.0 Å². The topological polar surface area (TPSA) is 55.1 Å². The van der Waals surface area contributed by atoms with Crippen molar-refractivity contribution in [1.82, 2.24) is 0 Å². The average molecular weight is 299 g/mol. The number of hydrogen-bond acceptors (Lipinski definition) is 2. The molecule has 0 unspecified atom stereocenters. The van der Waals surface area contributed by atoms with E-state index in [9.17, 15) is 9.18 Å². The van der Waals surface area contributed by atoms with E-state index in [1.807, 2.05) is 0 Å². The fourth-order valence-electron chi connectivity index (χ4n) is 2.68. The number of carbonyl (C=O) groups excluding carboxylic acids is 1. The molecule has 1 aromatic carbocycles. The molecule has 3 nitrogen and oxygen atoms in total. The number of anilines is 1. The van der Waals surface area contributed by atoms with Gasteiger partial charge >= 0.3 is 0 Å². The Kier molecular flexibility index (Phi) is 4.66. The molecule has 1 aliphatic rings. The minimum absolute atomic E-state index is 0.158. The predicted octanol–water partition coefficient (Wildman–Crippen LogP) is 3.57. The zero-order valence-electron chi connectivity index (χ0n) is 11.6. The Morgan fingerprint density at radius 2 is 2.15 bits per heavy atom. The standard InChI is InChI=1S/C15H20ClFN2O/c1-10-4-6-15(9-18,7-5-10)14(20)19-13-3-2-11(16)8-12(13)17/h2-3,8,10H,4-7,9,18H2,1H3,(H,19,20). The number of carbonyl (C=O) groups is 1. The van der Waals surface area contributed by atoms with Crippen molar-refractivity contribution in [2.75, 3.05) is 11.9 Å². The number of benzene rings is 1. The zero-order chi connectivity index (χ0) is 14.8. The van der Waals surface area contributed by atoms with Crippen molar-refractivity contribution >= 4 is 23.2 Å². The molecular weight excluding hydrogens is 279 g/mol. The fraction of sp³-hybridized carbons (Fsp3) is 0.533. The number of hydrogen-bond donors (Lipinski definition) is 2. The second-order valence-corrected chi connectivity index (χ2v) is 6.18. The van der Waals surface area contributed by atoms with Crippen LogP contribution < -0.4 is 11.1 Å². The summed E-state index contributed by atoms with van der Waals surface area (Å²) >= 11 is 5.70. The third-order valence-corrected chi connectivity index (χ3v) is 4.52. The lowest BCUT2D eigenvalue weighted by molar-refractivity contribution is -0.127. The Morgan fingerprint density at radius 1 is 1.50 bits per heavy atom. The number of nitrogens with one attached hydrogen (secondary N) is 1. The maximum atomic E-state index is 13.7. The van der Waals surface area contributed by atoms with Crippen LogP contribution in [0, 0.1) is 17.2 Å². The summed E-state index contributed by atoms with van der Waals surface area (Å²) < 4.78 is 13.7. The van der Waals surface area contributed by atoms with Crippen LogP contribution in [0.25, 0.3) is 0 Å². The Bertz CT molecular complexity index is 499. The molecule has 0 aromatic heterocycles. The van der Waals surface area contributed by atoms with Crippen LogP contribution in [-0.4, -0.2) is 12.5 Å². The maximum Gasteiger partial charge on any atom is 0.231 e. The molecule has 0 spiro atoms. The first-order valence-corrected chi connectivity index (χ1v) is 7.31. The highest BCUT2D eigenvalue weighted by Crippen LogP contribution is 2.39. The van der Waals surface area contributed by atoms with Gasteiger partial charge in [-0.1, -0.05) is 18.5 Å². The molecule has 0 saturated heterocycles. The lowest BCUT2D eigenvalue weighted by atomic mass is 9.70. The van der Waals surface area contributed by atoms with Crippen molar-refractivity contribution in [3.63, 3.8) is 0 Å². The van der Waals surface area contributed by atoms with Crippen molar-refractivity contribution < 1.29 is 9.18 Å². The van der Waals surface area contributed by atoms with Crippen LogP contribution in [0.2, 0.25) is 5.02 Å². The highest BCUT2D eigenvalue weighted by Gasteiger charge is 2.40. The third-order valence-electron chi connectivity index (χ3n) is 4.28. The summed E-state index contributed by atoms with van der Waals surface area (Å²) in [7, 11) is 0. The van der Waals surface area contributed by atoms with Gasteiger partial charge in [0.25, 0.3) is 0 Å². The van der Waals surface area contributed by atoms with Gasteiger partial charge in [0.05, 0.1) is 11.1 Å². The molecule has 1 saturated carbocycles. The van der Waals surface area contributed by atoms with E-state index in [0.717, 1.165) is 25.7 Å². The lowest BCUT2D eigenvalue weighted by Gasteiger charge is -2.37. The molecule has 1 amide bonds. The molecule has 2 rings (SSSR count). The van der Waals surface area contributed by atoms with E-state index in [0.29, 0.717) is 17.5 Å². The van der Waals surface area contributed by atoms with Crippen LogP contribution >= 0.6 is 11.6 Å². The van der Waals surface area contributed by atoms with Crippen molar-refractivity contribution in [3.8, 4) is 0 Å². The van der Waals surface area contributed by atoms with E-state index < -0.39 is 11.2 Å². The minimum atomic E-state index is -0.571. The summed E-state index contributed by atoms with van der Waals surface area (Å²) in [6.45, 7) is 2.47. The number of rotatable bonds is 3. The third kappa shape index (κ3) is 3.13. The molecule has 3 N–H and O–H groups in total. The highest BCUT2D eigenvalue weighted by atomic mass is 35.5. The van der Waals surface area contributed by atoms with Crippen molar-refractivity contribution in [1.29, 1.82) is 0 Å². The number of nitrogens with two attached hydrogens (primary N) is 1. The molecule has 20 heavy (non-hydrogen) atoms. The van der Waals surface area contributed by atoms with Crippen molar-refractivity contribution in [2.24, 2.45) is 17.1 Å². The van der Waals surface area contributed by atoms with Crippen LogP contribution in [0.15, 0.2) is 18.2 Å². The van der Waals surface area contributed by atoms with Gasteiger partial charge in [0, 0.05) is 11.6 Å². The average Bonchev–Trinajstić information content (AvgIpc) is 2.43. The van der Waals surface area contributed by atoms with Crippen molar-refractivity contribution in [2.45, 2.75) is 32.6 Å². The molecule has 1 aromatic rings. The summed E-state index contributed by atoms with van der Waals surface area (Å²) in [5.74, 6) is -0.0925. The Balaban J connectivity index is 2.13. The molecular formula is C15H20ClFN2O. The Morgan fingerprint density at radius 3 is 2.70 bits per heavy atom. The van der Waals surface area contributed by atoms with E-state index in [1.54, 1.807) is 6.07 Å². The smallest absolute Gasteiger partial charge is 0.231 e. The summed E-state index contributed by atoms with van der Waals surface area (Å²) in [6, 6.07) is 4.22. The Hall–Kier alpha value is -1.13. The summed E-state index contributed by atoms with van der Waals surface area (Å²) in [5.41, 5.74) is 5.41. The molecule has 110 valence electrons. The van der Waals surface area contributed by atoms with Gasteiger partial charge in [-0.3, -0.25) is 4.79 Å². The predicted molar refractivity (Wildman–Crippen MR) is 79.2 cm³/mol. The molecule has 0 radical (unpaired) electrons.